The normalized spacial score (nSPS) is 11.9. The Morgan fingerprint density at radius 1 is 1.42 bits per heavy atom. The van der Waals surface area contributed by atoms with Crippen molar-refractivity contribution in [3.63, 3.8) is 0 Å². The Hall–Kier alpha value is -0.800. The number of aromatic hydroxyl groups is 1. The molecule has 1 aromatic carbocycles. The number of nitrogens with two attached hydrogens (primary N) is 1. The predicted molar refractivity (Wildman–Crippen MR) is 47.9 cm³/mol. The van der Waals surface area contributed by atoms with Gasteiger partial charge in [-0.2, -0.15) is 0 Å². The van der Waals surface area contributed by atoms with Gasteiger partial charge in [-0.1, -0.05) is 0 Å². The molecule has 68 valence electrons. The summed E-state index contributed by atoms with van der Waals surface area (Å²) in [7, 11) is 0. The van der Waals surface area contributed by atoms with E-state index in [0.29, 0.717) is 5.56 Å². The third-order valence-corrected chi connectivity index (χ3v) is 1.43. The molecule has 0 aliphatic carbocycles. The van der Waals surface area contributed by atoms with Gasteiger partial charge in [-0.05, 0) is 24.6 Å². The van der Waals surface area contributed by atoms with Gasteiger partial charge in [0.15, 0.2) is 0 Å². The summed E-state index contributed by atoms with van der Waals surface area (Å²) < 4.78 is 12.6. The van der Waals surface area contributed by atoms with Gasteiger partial charge in [-0.25, -0.2) is 4.39 Å². The molecule has 1 rings (SSSR count). The summed E-state index contributed by atoms with van der Waals surface area (Å²) in [6, 6.07) is 3.56. The third-order valence-electron chi connectivity index (χ3n) is 1.43. The number of phenols is 1. The van der Waals surface area contributed by atoms with Gasteiger partial charge in [0.05, 0.1) is 0 Å². The van der Waals surface area contributed by atoms with Crippen LogP contribution in [0.5, 0.6) is 5.75 Å². The lowest BCUT2D eigenvalue weighted by atomic mass is 10.1. The maximum Gasteiger partial charge on any atom is 0.127 e. The molecule has 3 N–H and O–H groups in total. The van der Waals surface area contributed by atoms with E-state index in [2.05, 4.69) is 0 Å². The number of phenolic OH excluding ortho intramolecular Hbond substituents is 1. The molecule has 12 heavy (non-hydrogen) atoms. The molecule has 0 saturated heterocycles. The van der Waals surface area contributed by atoms with Gasteiger partial charge in [-0.3, -0.25) is 0 Å². The third kappa shape index (κ3) is 2.68. The second-order valence-electron chi connectivity index (χ2n) is 2.53. The molecule has 1 aromatic rings. The molecule has 0 bridgehead atoms. The van der Waals surface area contributed by atoms with E-state index in [0.717, 1.165) is 6.07 Å². The van der Waals surface area contributed by atoms with Crippen LogP contribution < -0.4 is 5.73 Å². The molecule has 4 heteroatoms. The molecule has 1 atom stereocenters. The summed E-state index contributed by atoms with van der Waals surface area (Å²) in [5.41, 5.74) is 6.07. The molecule has 0 aliphatic heterocycles. The SMILES string of the molecule is C[C@@H](N)c1cc(O)cc(F)c1.Cl. The fourth-order valence-corrected chi connectivity index (χ4v) is 0.859. The van der Waals surface area contributed by atoms with Gasteiger partial charge in [0.2, 0.25) is 0 Å². The van der Waals surface area contributed by atoms with Crippen LogP contribution in [0.25, 0.3) is 0 Å². The Labute approximate surface area is 76.6 Å². The summed E-state index contributed by atoms with van der Waals surface area (Å²) in [4.78, 5) is 0. The average molecular weight is 192 g/mol. The van der Waals surface area contributed by atoms with Crippen molar-refractivity contribution in [3.8, 4) is 5.75 Å². The predicted octanol–water partition coefficient (Wildman–Crippen LogP) is 1.97. The smallest absolute Gasteiger partial charge is 0.127 e. The van der Waals surface area contributed by atoms with Crippen molar-refractivity contribution in [3.05, 3.63) is 29.6 Å². The van der Waals surface area contributed by atoms with Gasteiger partial charge in [0.25, 0.3) is 0 Å². The first-order valence-electron chi connectivity index (χ1n) is 3.34. The lowest BCUT2D eigenvalue weighted by molar-refractivity contribution is 0.467. The molecule has 0 radical (unpaired) electrons. The Bertz CT molecular complexity index is 245. The first kappa shape index (κ1) is 11.2. The lowest BCUT2D eigenvalue weighted by Gasteiger charge is -2.05. The van der Waals surface area contributed by atoms with E-state index >= 15 is 0 Å². The Balaban J connectivity index is 0.00000121. The van der Waals surface area contributed by atoms with E-state index < -0.39 is 5.82 Å². The second-order valence-corrected chi connectivity index (χ2v) is 2.53. The molecule has 0 unspecified atom stereocenters. The number of rotatable bonds is 1. The number of benzene rings is 1. The van der Waals surface area contributed by atoms with Gasteiger partial charge < -0.3 is 10.8 Å². The highest BCUT2D eigenvalue weighted by molar-refractivity contribution is 5.85. The molecule has 0 saturated carbocycles. The molecular weight excluding hydrogens is 181 g/mol. The fraction of sp³-hybridized carbons (Fsp3) is 0.250. The highest BCUT2D eigenvalue weighted by atomic mass is 35.5. The largest absolute Gasteiger partial charge is 0.508 e. The monoisotopic (exact) mass is 191 g/mol. The highest BCUT2D eigenvalue weighted by Gasteiger charge is 2.02. The minimum Gasteiger partial charge on any atom is -0.508 e. The molecule has 0 fully saturated rings. The second kappa shape index (κ2) is 4.28. The summed E-state index contributed by atoms with van der Waals surface area (Å²) >= 11 is 0. The zero-order chi connectivity index (χ0) is 8.43. The van der Waals surface area contributed by atoms with Crippen LogP contribution in [0.3, 0.4) is 0 Å². The van der Waals surface area contributed by atoms with Crippen LogP contribution in [0.2, 0.25) is 0 Å². The number of hydrogen-bond donors (Lipinski definition) is 2. The Morgan fingerprint density at radius 3 is 2.42 bits per heavy atom. The molecule has 0 aliphatic rings. The maximum atomic E-state index is 12.6. The van der Waals surface area contributed by atoms with Crippen molar-refractivity contribution in [2.45, 2.75) is 13.0 Å². The van der Waals surface area contributed by atoms with Crippen molar-refractivity contribution in [1.29, 1.82) is 0 Å². The topological polar surface area (TPSA) is 46.2 Å². The van der Waals surface area contributed by atoms with Crippen molar-refractivity contribution in [2.24, 2.45) is 5.73 Å². The minimum absolute atomic E-state index is 0. The Morgan fingerprint density at radius 2 is 2.00 bits per heavy atom. The first-order chi connectivity index (χ1) is 5.09. The number of halogens is 2. The van der Waals surface area contributed by atoms with Gasteiger partial charge in [0.1, 0.15) is 11.6 Å². The van der Waals surface area contributed by atoms with Gasteiger partial charge >= 0.3 is 0 Å². The van der Waals surface area contributed by atoms with E-state index in [1.165, 1.54) is 12.1 Å². The van der Waals surface area contributed by atoms with E-state index in [1.807, 2.05) is 0 Å². The van der Waals surface area contributed by atoms with Gasteiger partial charge in [0, 0.05) is 12.1 Å². The van der Waals surface area contributed by atoms with Crippen LogP contribution in [-0.4, -0.2) is 5.11 Å². The van der Waals surface area contributed by atoms with E-state index in [-0.39, 0.29) is 24.2 Å². The highest BCUT2D eigenvalue weighted by Crippen LogP contribution is 2.18. The zero-order valence-corrected chi connectivity index (χ0v) is 7.44. The molecule has 0 amide bonds. The maximum absolute atomic E-state index is 12.6. The van der Waals surface area contributed by atoms with Crippen LogP contribution in [0, 0.1) is 5.82 Å². The van der Waals surface area contributed by atoms with Crippen molar-refractivity contribution >= 4 is 12.4 Å². The van der Waals surface area contributed by atoms with E-state index in [4.69, 9.17) is 10.8 Å². The Kier molecular flexibility index (Phi) is 4.00. The molecular formula is C8H11ClFNO. The van der Waals surface area contributed by atoms with E-state index in [1.54, 1.807) is 6.92 Å². The summed E-state index contributed by atoms with van der Waals surface area (Å²) in [6.07, 6.45) is 0. The minimum atomic E-state index is -0.461. The van der Waals surface area contributed by atoms with Crippen LogP contribution in [0.1, 0.15) is 18.5 Å². The van der Waals surface area contributed by atoms with Crippen molar-refractivity contribution in [1.82, 2.24) is 0 Å². The number of hydrogen-bond acceptors (Lipinski definition) is 2. The van der Waals surface area contributed by atoms with Crippen LogP contribution in [0.4, 0.5) is 4.39 Å². The van der Waals surface area contributed by atoms with Crippen LogP contribution >= 0.6 is 12.4 Å². The molecule has 0 heterocycles. The van der Waals surface area contributed by atoms with Gasteiger partial charge in [-0.15, -0.1) is 12.4 Å². The summed E-state index contributed by atoms with van der Waals surface area (Å²) in [5, 5.41) is 8.95. The average Bonchev–Trinajstić information content (AvgIpc) is 1.85. The molecule has 0 spiro atoms. The van der Waals surface area contributed by atoms with Crippen LogP contribution in [0.15, 0.2) is 18.2 Å². The zero-order valence-electron chi connectivity index (χ0n) is 6.62. The lowest BCUT2D eigenvalue weighted by Crippen LogP contribution is -2.04. The van der Waals surface area contributed by atoms with Crippen LogP contribution in [-0.2, 0) is 0 Å². The molecule has 0 aromatic heterocycles. The van der Waals surface area contributed by atoms with Crippen molar-refractivity contribution < 1.29 is 9.50 Å². The first-order valence-corrected chi connectivity index (χ1v) is 3.34. The van der Waals surface area contributed by atoms with E-state index in [9.17, 15) is 4.39 Å². The quantitative estimate of drug-likeness (QED) is 0.713. The summed E-state index contributed by atoms with van der Waals surface area (Å²) in [5.74, 6) is -0.547. The standard InChI is InChI=1S/C8H10FNO.ClH/c1-5(10)6-2-7(9)4-8(11)3-6;/h2-5,11H,10H2,1H3;1H/t5-;/m1./s1. The fourth-order valence-electron chi connectivity index (χ4n) is 0.859. The summed E-state index contributed by atoms with van der Waals surface area (Å²) in [6.45, 7) is 1.73. The molecule has 2 nitrogen and oxygen atoms in total. The van der Waals surface area contributed by atoms with Crippen molar-refractivity contribution in [2.75, 3.05) is 0 Å².